The summed E-state index contributed by atoms with van der Waals surface area (Å²) in [4.78, 5) is 21.8. The average Bonchev–Trinajstić information content (AvgIpc) is 2.92. The van der Waals surface area contributed by atoms with Gasteiger partial charge in [-0.1, -0.05) is 18.2 Å². The van der Waals surface area contributed by atoms with E-state index in [9.17, 15) is 13.6 Å². The van der Waals surface area contributed by atoms with Crippen molar-refractivity contribution in [2.75, 3.05) is 36.2 Å². The molecule has 1 amide bonds. The van der Waals surface area contributed by atoms with Crippen LogP contribution in [0.25, 0.3) is 11.0 Å². The number of nitrogens with zero attached hydrogens (tertiary/aromatic N) is 3. The SMILES string of the molecule is CN[C@H](C)C(=O)Nc1cccc(N(c2nc3ccccc3nc2Nc2cc(OC)cc(OC)c2)S(=O)O)c1. The first-order valence-corrected chi connectivity index (χ1v) is 12.7. The average molecular weight is 537 g/mol. The third-order valence-corrected chi connectivity index (χ3v) is 6.39. The van der Waals surface area contributed by atoms with Crippen LogP contribution >= 0.6 is 0 Å². The van der Waals surface area contributed by atoms with Crippen LogP contribution < -0.4 is 29.7 Å². The van der Waals surface area contributed by atoms with Gasteiger partial charge < -0.3 is 25.4 Å². The standard InChI is InChI=1S/C26H28N6O5S/c1-16(27-2)26(33)29-17-8-7-9-19(12-17)32(38(34)35)25-24(30-22-10-5-6-11-23(22)31-25)28-18-13-20(36-3)15-21(14-18)37-4/h5-16,27H,1-4H3,(H,28,30)(H,29,33)(H,34,35)/t16-/m1/s1. The predicted molar refractivity (Wildman–Crippen MR) is 149 cm³/mol. The Morgan fingerprint density at radius 3 is 2.21 bits per heavy atom. The first-order chi connectivity index (χ1) is 18.3. The number of fused-ring (bicyclic) bond motifs is 1. The molecule has 4 aromatic rings. The molecule has 11 nitrogen and oxygen atoms in total. The van der Waals surface area contributed by atoms with Crippen LogP contribution in [0, 0.1) is 0 Å². The van der Waals surface area contributed by atoms with Crippen LogP contribution in [-0.4, -0.2) is 51.9 Å². The van der Waals surface area contributed by atoms with Gasteiger partial charge >= 0.3 is 0 Å². The van der Waals surface area contributed by atoms with Crippen molar-refractivity contribution < 1.29 is 23.0 Å². The number of aromatic nitrogens is 2. The number of para-hydroxylation sites is 2. The van der Waals surface area contributed by atoms with E-state index in [0.717, 1.165) is 4.31 Å². The summed E-state index contributed by atoms with van der Waals surface area (Å²) < 4.78 is 35.0. The second kappa shape index (κ2) is 11.9. The molecule has 0 aliphatic heterocycles. The molecule has 0 bridgehead atoms. The number of hydrogen-bond acceptors (Lipinski definition) is 8. The second-order valence-electron chi connectivity index (χ2n) is 8.19. The molecule has 0 radical (unpaired) electrons. The number of amides is 1. The topological polar surface area (TPSA) is 138 Å². The lowest BCUT2D eigenvalue weighted by Crippen LogP contribution is -2.35. The molecule has 1 heterocycles. The number of carbonyl (C=O) groups excluding carboxylic acids is 1. The lowest BCUT2D eigenvalue weighted by atomic mass is 10.2. The maximum atomic E-state index is 12.7. The molecule has 0 aliphatic carbocycles. The van der Waals surface area contributed by atoms with Crippen molar-refractivity contribution in [2.24, 2.45) is 0 Å². The number of benzene rings is 3. The minimum Gasteiger partial charge on any atom is -0.497 e. The predicted octanol–water partition coefficient (Wildman–Crippen LogP) is 4.21. The monoisotopic (exact) mass is 536 g/mol. The molecule has 2 atom stereocenters. The summed E-state index contributed by atoms with van der Waals surface area (Å²) in [6.45, 7) is 1.73. The van der Waals surface area contributed by atoms with Crippen LogP contribution in [0.1, 0.15) is 6.92 Å². The Hall–Kier alpha value is -4.26. The zero-order valence-corrected chi connectivity index (χ0v) is 22.1. The highest BCUT2D eigenvalue weighted by atomic mass is 32.2. The quantitative estimate of drug-likeness (QED) is 0.220. The largest absolute Gasteiger partial charge is 0.497 e. The zero-order chi connectivity index (χ0) is 27.2. The molecule has 0 aliphatic rings. The Kier molecular flexibility index (Phi) is 8.36. The van der Waals surface area contributed by atoms with Crippen molar-refractivity contribution >= 4 is 56.9 Å². The number of ether oxygens (including phenoxy) is 2. The van der Waals surface area contributed by atoms with Gasteiger partial charge in [-0.3, -0.25) is 9.35 Å². The molecule has 4 rings (SSSR count). The molecule has 198 valence electrons. The lowest BCUT2D eigenvalue weighted by Gasteiger charge is -2.23. The normalized spacial score (nSPS) is 12.4. The first-order valence-electron chi connectivity index (χ1n) is 11.6. The fourth-order valence-corrected chi connectivity index (χ4v) is 4.18. The minimum absolute atomic E-state index is 0.0957. The van der Waals surface area contributed by atoms with Crippen LogP contribution in [0.3, 0.4) is 0 Å². The summed E-state index contributed by atoms with van der Waals surface area (Å²) in [5, 5.41) is 8.86. The van der Waals surface area contributed by atoms with E-state index in [2.05, 4.69) is 20.9 Å². The van der Waals surface area contributed by atoms with E-state index >= 15 is 0 Å². The molecule has 12 heteroatoms. The van der Waals surface area contributed by atoms with Gasteiger partial charge in [0.1, 0.15) is 11.5 Å². The van der Waals surface area contributed by atoms with Gasteiger partial charge in [0.25, 0.3) is 11.3 Å². The summed E-state index contributed by atoms with van der Waals surface area (Å²) in [5.41, 5.74) is 2.44. The number of hydrogen-bond donors (Lipinski definition) is 4. The van der Waals surface area contributed by atoms with E-state index in [-0.39, 0.29) is 17.5 Å². The molecule has 0 fully saturated rings. The maximum absolute atomic E-state index is 12.7. The van der Waals surface area contributed by atoms with E-state index in [1.54, 1.807) is 88.9 Å². The van der Waals surface area contributed by atoms with Gasteiger partial charge in [-0.25, -0.2) is 18.5 Å². The number of rotatable bonds is 10. The second-order valence-corrected chi connectivity index (χ2v) is 9.01. The van der Waals surface area contributed by atoms with Crippen molar-refractivity contribution in [3.8, 4) is 11.5 Å². The Morgan fingerprint density at radius 2 is 1.61 bits per heavy atom. The van der Waals surface area contributed by atoms with Gasteiger partial charge in [0.05, 0.1) is 37.0 Å². The molecule has 0 saturated carbocycles. The van der Waals surface area contributed by atoms with Crippen LogP contribution in [0.4, 0.5) is 28.7 Å². The number of likely N-dealkylation sites (N-methyl/N-ethyl adjacent to an activating group) is 1. The van der Waals surface area contributed by atoms with Gasteiger partial charge in [-0.2, -0.15) is 0 Å². The van der Waals surface area contributed by atoms with Crippen LogP contribution in [0.15, 0.2) is 66.7 Å². The molecule has 0 saturated heterocycles. The molecule has 1 unspecified atom stereocenters. The summed E-state index contributed by atoms with van der Waals surface area (Å²) in [5.74, 6) is 1.16. The summed E-state index contributed by atoms with van der Waals surface area (Å²) in [6.07, 6.45) is 0. The highest BCUT2D eigenvalue weighted by Crippen LogP contribution is 2.36. The third-order valence-electron chi connectivity index (χ3n) is 5.69. The molecule has 4 N–H and O–H groups in total. The fourth-order valence-electron chi connectivity index (χ4n) is 3.61. The fraction of sp³-hybridized carbons (Fsp3) is 0.192. The Bertz CT molecular complexity index is 1460. The molecule has 38 heavy (non-hydrogen) atoms. The van der Waals surface area contributed by atoms with Crippen molar-refractivity contribution in [1.82, 2.24) is 15.3 Å². The minimum atomic E-state index is -2.54. The summed E-state index contributed by atoms with van der Waals surface area (Å²) in [6, 6.07) is 18.6. The summed E-state index contributed by atoms with van der Waals surface area (Å²) >= 11 is -2.54. The number of methoxy groups -OCH3 is 2. The van der Waals surface area contributed by atoms with Crippen molar-refractivity contribution in [1.29, 1.82) is 0 Å². The number of anilines is 5. The number of carbonyl (C=O) groups is 1. The molecular formula is C26H28N6O5S. The smallest absolute Gasteiger partial charge is 0.268 e. The van der Waals surface area contributed by atoms with Crippen LogP contribution in [0.5, 0.6) is 11.5 Å². The first kappa shape index (κ1) is 26.8. The molecule has 3 aromatic carbocycles. The van der Waals surface area contributed by atoms with E-state index in [1.165, 1.54) is 0 Å². The van der Waals surface area contributed by atoms with Gasteiger partial charge in [0, 0.05) is 29.6 Å². The van der Waals surface area contributed by atoms with Gasteiger partial charge in [-0.15, -0.1) is 0 Å². The van der Waals surface area contributed by atoms with Crippen LogP contribution in [-0.2, 0) is 16.1 Å². The highest BCUT2D eigenvalue weighted by Gasteiger charge is 2.24. The van der Waals surface area contributed by atoms with E-state index < -0.39 is 17.3 Å². The maximum Gasteiger partial charge on any atom is 0.268 e. The Balaban J connectivity index is 1.82. The van der Waals surface area contributed by atoms with E-state index in [4.69, 9.17) is 14.5 Å². The van der Waals surface area contributed by atoms with Crippen molar-refractivity contribution in [3.63, 3.8) is 0 Å². The molecular weight excluding hydrogens is 508 g/mol. The van der Waals surface area contributed by atoms with Gasteiger partial charge in [0.15, 0.2) is 11.6 Å². The van der Waals surface area contributed by atoms with Gasteiger partial charge in [0.2, 0.25) is 5.91 Å². The van der Waals surface area contributed by atoms with E-state index in [1.807, 2.05) is 6.07 Å². The lowest BCUT2D eigenvalue weighted by molar-refractivity contribution is -0.117. The number of nitrogens with one attached hydrogen (secondary N) is 3. The van der Waals surface area contributed by atoms with Crippen molar-refractivity contribution in [2.45, 2.75) is 13.0 Å². The zero-order valence-electron chi connectivity index (χ0n) is 21.3. The Morgan fingerprint density at radius 1 is 0.947 bits per heavy atom. The van der Waals surface area contributed by atoms with Gasteiger partial charge in [-0.05, 0) is 44.3 Å². The Labute approximate surface area is 222 Å². The van der Waals surface area contributed by atoms with Crippen molar-refractivity contribution in [3.05, 3.63) is 66.7 Å². The molecule has 1 aromatic heterocycles. The van der Waals surface area contributed by atoms with Crippen LogP contribution in [0.2, 0.25) is 0 Å². The molecule has 0 spiro atoms. The highest BCUT2D eigenvalue weighted by molar-refractivity contribution is 7.81. The third kappa shape index (κ3) is 5.99. The van der Waals surface area contributed by atoms with E-state index in [0.29, 0.717) is 39.6 Å². The summed E-state index contributed by atoms with van der Waals surface area (Å²) in [7, 11) is 4.77.